The van der Waals surface area contributed by atoms with Gasteiger partial charge in [-0.2, -0.15) is 0 Å². The predicted molar refractivity (Wildman–Crippen MR) is 87.2 cm³/mol. The van der Waals surface area contributed by atoms with Crippen molar-refractivity contribution in [3.05, 3.63) is 29.3 Å². The van der Waals surface area contributed by atoms with Crippen LogP contribution in [-0.4, -0.2) is 23.8 Å². The topological polar surface area (TPSA) is 58.9 Å². The third-order valence-corrected chi connectivity index (χ3v) is 6.64. The van der Waals surface area contributed by atoms with Crippen LogP contribution >= 0.6 is 0 Å². The highest BCUT2D eigenvalue weighted by Gasteiger charge is 2.57. The number of hydrogen-bond donors (Lipinski definition) is 1. The fourth-order valence-electron chi connectivity index (χ4n) is 5.38. The van der Waals surface area contributed by atoms with Crippen LogP contribution in [0.5, 0.6) is 5.75 Å². The number of carbonyl (C=O) groups is 1. The maximum Gasteiger partial charge on any atom is 0.186 e. The fourth-order valence-corrected chi connectivity index (χ4v) is 5.38. The number of carbonyl (C=O) groups excluding carboxylic acids is 1. The minimum Gasteiger partial charge on any atom is -0.497 e. The normalized spacial score (nSPS) is 37.2. The summed E-state index contributed by atoms with van der Waals surface area (Å²) in [6.07, 6.45) is 4.72. The molecule has 0 aromatic heterocycles. The SMILES string of the molecule is COc1ccc2c(c1)CCC1C2CCC2(C)C(=O)C(=NO)CC12. The summed E-state index contributed by atoms with van der Waals surface area (Å²) in [6.45, 7) is 2.08. The molecule has 2 saturated carbocycles. The average molecular weight is 313 g/mol. The van der Waals surface area contributed by atoms with Crippen LogP contribution in [0.1, 0.15) is 49.7 Å². The van der Waals surface area contributed by atoms with Gasteiger partial charge in [-0.05, 0) is 66.7 Å². The van der Waals surface area contributed by atoms with Gasteiger partial charge in [0.1, 0.15) is 11.5 Å². The fraction of sp³-hybridized carbons (Fsp3) is 0.579. The molecule has 0 saturated heterocycles. The second kappa shape index (κ2) is 5.08. The summed E-state index contributed by atoms with van der Waals surface area (Å²) in [5.41, 5.74) is 2.89. The van der Waals surface area contributed by atoms with Crippen molar-refractivity contribution in [1.29, 1.82) is 0 Å². The van der Waals surface area contributed by atoms with Gasteiger partial charge in [0, 0.05) is 11.8 Å². The Morgan fingerprint density at radius 1 is 1.35 bits per heavy atom. The minimum atomic E-state index is -0.327. The van der Waals surface area contributed by atoms with Crippen molar-refractivity contribution in [1.82, 2.24) is 0 Å². The van der Waals surface area contributed by atoms with Gasteiger partial charge in [-0.1, -0.05) is 18.1 Å². The number of methoxy groups -OCH3 is 1. The van der Waals surface area contributed by atoms with Crippen LogP contribution in [0.15, 0.2) is 23.4 Å². The number of benzene rings is 1. The highest BCUT2D eigenvalue weighted by Crippen LogP contribution is 2.59. The number of oxime groups is 1. The maximum atomic E-state index is 12.6. The van der Waals surface area contributed by atoms with E-state index in [1.807, 2.05) is 0 Å². The minimum absolute atomic E-state index is 0.0731. The monoisotopic (exact) mass is 313 g/mol. The first kappa shape index (κ1) is 14.7. The molecule has 4 nitrogen and oxygen atoms in total. The van der Waals surface area contributed by atoms with E-state index in [1.165, 1.54) is 11.1 Å². The van der Waals surface area contributed by atoms with E-state index in [9.17, 15) is 4.79 Å². The van der Waals surface area contributed by atoms with Crippen LogP contribution in [0.3, 0.4) is 0 Å². The molecule has 23 heavy (non-hydrogen) atoms. The van der Waals surface area contributed by atoms with E-state index in [2.05, 4.69) is 30.3 Å². The van der Waals surface area contributed by atoms with Gasteiger partial charge < -0.3 is 9.94 Å². The number of aryl methyl sites for hydroxylation is 1. The molecule has 0 amide bonds. The summed E-state index contributed by atoms with van der Waals surface area (Å²) in [7, 11) is 1.71. The lowest BCUT2D eigenvalue weighted by Gasteiger charge is -2.47. The Hall–Kier alpha value is -1.84. The van der Waals surface area contributed by atoms with Crippen molar-refractivity contribution in [2.75, 3.05) is 7.11 Å². The Morgan fingerprint density at radius 3 is 2.91 bits per heavy atom. The second-order valence-corrected chi connectivity index (χ2v) is 7.52. The van der Waals surface area contributed by atoms with Crippen LogP contribution in [0.25, 0.3) is 0 Å². The molecule has 4 atom stereocenters. The summed E-state index contributed by atoms with van der Waals surface area (Å²) in [5, 5.41) is 12.5. The molecule has 2 fully saturated rings. The molecule has 3 aliphatic carbocycles. The van der Waals surface area contributed by atoms with E-state index in [0.29, 0.717) is 29.9 Å². The van der Waals surface area contributed by atoms with Crippen molar-refractivity contribution in [2.24, 2.45) is 22.4 Å². The molecular weight excluding hydrogens is 290 g/mol. The molecule has 0 aliphatic heterocycles. The molecule has 4 rings (SSSR count). The Bertz CT molecular complexity index is 696. The zero-order chi connectivity index (χ0) is 16.2. The number of hydrogen-bond acceptors (Lipinski definition) is 4. The lowest BCUT2D eigenvalue weighted by Crippen LogP contribution is -2.42. The van der Waals surface area contributed by atoms with Gasteiger partial charge in [0.05, 0.1) is 7.11 Å². The van der Waals surface area contributed by atoms with E-state index >= 15 is 0 Å². The zero-order valence-corrected chi connectivity index (χ0v) is 13.7. The largest absolute Gasteiger partial charge is 0.497 e. The molecule has 1 aromatic rings. The summed E-state index contributed by atoms with van der Waals surface area (Å²) in [5.74, 6) is 2.35. The number of nitrogens with zero attached hydrogens (tertiary/aromatic N) is 1. The molecule has 122 valence electrons. The van der Waals surface area contributed by atoms with Crippen LogP contribution < -0.4 is 4.74 Å². The molecular formula is C19H23NO3. The molecule has 1 aromatic carbocycles. The molecule has 0 heterocycles. The Morgan fingerprint density at radius 2 is 2.17 bits per heavy atom. The summed E-state index contributed by atoms with van der Waals surface area (Å²) in [4.78, 5) is 12.6. The third kappa shape index (κ3) is 1.97. The standard InChI is InChI=1S/C19H23NO3/c1-19-8-7-14-13-6-4-12(23-2)9-11(13)3-5-15(14)16(19)10-17(20-22)18(19)21/h4,6,9,14-16,22H,3,5,7-8,10H2,1-2H3. The number of ether oxygens (including phenoxy) is 1. The lowest BCUT2D eigenvalue weighted by atomic mass is 9.55. The highest BCUT2D eigenvalue weighted by atomic mass is 16.5. The number of fused-ring (bicyclic) bond motifs is 5. The molecule has 4 unspecified atom stereocenters. The Labute approximate surface area is 136 Å². The van der Waals surface area contributed by atoms with Gasteiger partial charge in [-0.3, -0.25) is 4.79 Å². The van der Waals surface area contributed by atoms with Gasteiger partial charge >= 0.3 is 0 Å². The highest BCUT2D eigenvalue weighted by molar-refractivity contribution is 6.43. The van der Waals surface area contributed by atoms with Crippen molar-refractivity contribution in [3.63, 3.8) is 0 Å². The summed E-state index contributed by atoms with van der Waals surface area (Å²) < 4.78 is 5.36. The van der Waals surface area contributed by atoms with Gasteiger partial charge in [0.25, 0.3) is 0 Å². The molecule has 3 aliphatic rings. The second-order valence-electron chi connectivity index (χ2n) is 7.52. The molecule has 0 bridgehead atoms. The van der Waals surface area contributed by atoms with Gasteiger partial charge in [0.2, 0.25) is 0 Å². The molecule has 1 N–H and O–H groups in total. The average Bonchev–Trinajstić information content (AvgIpc) is 2.85. The molecule has 0 spiro atoms. The van der Waals surface area contributed by atoms with Gasteiger partial charge in [-0.15, -0.1) is 0 Å². The van der Waals surface area contributed by atoms with Crippen LogP contribution in [0.4, 0.5) is 0 Å². The van der Waals surface area contributed by atoms with E-state index in [-0.39, 0.29) is 11.2 Å². The van der Waals surface area contributed by atoms with Gasteiger partial charge in [-0.25, -0.2) is 0 Å². The first-order valence-corrected chi connectivity index (χ1v) is 8.51. The van der Waals surface area contributed by atoms with E-state index in [0.717, 1.165) is 31.4 Å². The smallest absolute Gasteiger partial charge is 0.186 e. The van der Waals surface area contributed by atoms with E-state index in [1.54, 1.807) is 7.11 Å². The van der Waals surface area contributed by atoms with Crippen molar-refractivity contribution in [2.45, 2.75) is 44.9 Å². The quantitative estimate of drug-likeness (QED) is 0.637. The summed E-state index contributed by atoms with van der Waals surface area (Å²) >= 11 is 0. The number of rotatable bonds is 1. The summed E-state index contributed by atoms with van der Waals surface area (Å²) in [6, 6.07) is 6.43. The van der Waals surface area contributed by atoms with Crippen molar-refractivity contribution < 1.29 is 14.7 Å². The van der Waals surface area contributed by atoms with E-state index < -0.39 is 0 Å². The van der Waals surface area contributed by atoms with Crippen molar-refractivity contribution >= 4 is 11.5 Å². The maximum absolute atomic E-state index is 12.6. The van der Waals surface area contributed by atoms with Crippen LogP contribution in [0.2, 0.25) is 0 Å². The first-order chi connectivity index (χ1) is 11.1. The lowest BCUT2D eigenvalue weighted by molar-refractivity contribution is -0.125. The number of ketones is 1. The molecule has 4 heteroatoms. The third-order valence-electron chi connectivity index (χ3n) is 6.64. The Kier molecular flexibility index (Phi) is 3.26. The zero-order valence-electron chi connectivity index (χ0n) is 13.7. The van der Waals surface area contributed by atoms with Crippen molar-refractivity contribution in [3.8, 4) is 5.75 Å². The predicted octanol–water partition coefficient (Wildman–Crippen LogP) is 3.56. The van der Waals surface area contributed by atoms with E-state index in [4.69, 9.17) is 9.94 Å². The van der Waals surface area contributed by atoms with Crippen LogP contribution in [0, 0.1) is 17.3 Å². The molecule has 0 radical (unpaired) electrons. The van der Waals surface area contributed by atoms with Gasteiger partial charge in [0.15, 0.2) is 5.78 Å². The van der Waals surface area contributed by atoms with Crippen LogP contribution in [-0.2, 0) is 11.2 Å². The Balaban J connectivity index is 1.71. The number of Topliss-reactive ketones (excluding diaryl/α,β-unsaturated/α-hetero) is 1. The first-order valence-electron chi connectivity index (χ1n) is 8.51.